The average Bonchev–Trinajstić information content (AvgIpc) is 3.15. The van der Waals surface area contributed by atoms with Crippen molar-refractivity contribution >= 4 is 17.5 Å². The SMILES string of the molecule is O=C(Cn1cc(C(F)(F)F)cc(Cl)c1=O)N[C@@H]1CCCc2c1cnn2Cc1ccccc1. The Hall–Kier alpha value is -3.07. The largest absolute Gasteiger partial charge is 0.417 e. The van der Waals surface area contributed by atoms with Gasteiger partial charge in [0.15, 0.2) is 0 Å². The molecular formula is C22H20ClF3N4O2. The molecule has 1 aliphatic rings. The van der Waals surface area contributed by atoms with Crippen LogP contribution in [0.15, 0.2) is 53.6 Å². The molecule has 0 fully saturated rings. The van der Waals surface area contributed by atoms with Crippen molar-refractivity contribution in [3.05, 3.63) is 86.6 Å². The van der Waals surface area contributed by atoms with Crippen LogP contribution < -0.4 is 10.9 Å². The van der Waals surface area contributed by atoms with Crippen molar-refractivity contribution in [2.75, 3.05) is 0 Å². The number of pyridine rings is 1. The number of carbonyl (C=O) groups is 1. The summed E-state index contributed by atoms with van der Waals surface area (Å²) in [6, 6.07) is 10.1. The van der Waals surface area contributed by atoms with Gasteiger partial charge in [0, 0.05) is 17.5 Å². The number of aromatic nitrogens is 3. The number of benzene rings is 1. The molecule has 3 aromatic rings. The summed E-state index contributed by atoms with van der Waals surface area (Å²) in [5, 5.41) is 6.71. The predicted octanol–water partition coefficient (Wildman–Crippen LogP) is 3.96. The van der Waals surface area contributed by atoms with Gasteiger partial charge in [-0.3, -0.25) is 14.3 Å². The Kier molecular flexibility index (Phi) is 6.10. The zero-order chi connectivity index (χ0) is 22.9. The Labute approximate surface area is 186 Å². The summed E-state index contributed by atoms with van der Waals surface area (Å²) in [7, 11) is 0. The molecule has 2 aromatic heterocycles. The van der Waals surface area contributed by atoms with Crippen molar-refractivity contribution in [1.82, 2.24) is 19.7 Å². The highest BCUT2D eigenvalue weighted by atomic mass is 35.5. The second kappa shape index (κ2) is 8.82. The highest BCUT2D eigenvalue weighted by molar-refractivity contribution is 6.30. The molecule has 0 bridgehead atoms. The quantitative estimate of drug-likeness (QED) is 0.621. The molecular weight excluding hydrogens is 445 g/mol. The van der Waals surface area contributed by atoms with Gasteiger partial charge in [-0.05, 0) is 30.9 Å². The summed E-state index contributed by atoms with van der Waals surface area (Å²) in [4.78, 5) is 24.7. The maximum atomic E-state index is 13.0. The number of nitrogens with one attached hydrogen (secondary N) is 1. The number of fused-ring (bicyclic) bond motifs is 1. The summed E-state index contributed by atoms with van der Waals surface area (Å²) in [5.74, 6) is -0.573. The van der Waals surface area contributed by atoms with Gasteiger partial charge in [-0.25, -0.2) is 0 Å². The molecule has 0 radical (unpaired) electrons. The molecule has 0 saturated heterocycles. The number of amides is 1. The minimum absolute atomic E-state index is 0.326. The Morgan fingerprint density at radius 1 is 1.25 bits per heavy atom. The van der Waals surface area contributed by atoms with E-state index in [-0.39, 0.29) is 6.04 Å². The maximum Gasteiger partial charge on any atom is 0.417 e. The lowest BCUT2D eigenvalue weighted by molar-refractivity contribution is -0.138. The highest BCUT2D eigenvalue weighted by Crippen LogP contribution is 2.31. The summed E-state index contributed by atoms with van der Waals surface area (Å²) < 4.78 is 41.7. The number of halogens is 4. The number of hydrogen-bond donors (Lipinski definition) is 1. The van der Waals surface area contributed by atoms with Crippen molar-refractivity contribution < 1.29 is 18.0 Å². The molecule has 4 rings (SSSR count). The van der Waals surface area contributed by atoms with Gasteiger partial charge >= 0.3 is 6.18 Å². The lowest BCUT2D eigenvalue weighted by Crippen LogP contribution is -2.36. The van der Waals surface area contributed by atoms with Gasteiger partial charge in [-0.2, -0.15) is 18.3 Å². The normalized spacial score (nSPS) is 15.9. The molecule has 1 N–H and O–H groups in total. The molecule has 2 heterocycles. The van der Waals surface area contributed by atoms with E-state index in [1.165, 1.54) is 0 Å². The fourth-order valence-corrected chi connectivity index (χ4v) is 4.15. The summed E-state index contributed by atoms with van der Waals surface area (Å²) >= 11 is 5.66. The molecule has 1 atom stereocenters. The van der Waals surface area contributed by atoms with E-state index in [0.717, 1.165) is 29.7 Å². The molecule has 10 heteroatoms. The van der Waals surface area contributed by atoms with Crippen LogP contribution in [0.5, 0.6) is 0 Å². The van der Waals surface area contributed by atoms with Gasteiger partial charge in [0.25, 0.3) is 5.56 Å². The first-order valence-corrected chi connectivity index (χ1v) is 10.4. The van der Waals surface area contributed by atoms with Crippen LogP contribution in [-0.2, 0) is 30.5 Å². The fourth-order valence-electron chi connectivity index (χ4n) is 3.93. The minimum Gasteiger partial charge on any atom is -0.348 e. The maximum absolute atomic E-state index is 13.0. The summed E-state index contributed by atoms with van der Waals surface area (Å²) in [5.41, 5.74) is 1.07. The summed E-state index contributed by atoms with van der Waals surface area (Å²) in [6.07, 6.45) is -0.0339. The first-order valence-electron chi connectivity index (χ1n) is 10.1. The van der Waals surface area contributed by atoms with Crippen LogP contribution in [0.4, 0.5) is 13.2 Å². The molecule has 0 spiro atoms. The molecule has 0 unspecified atom stereocenters. The van der Waals surface area contributed by atoms with E-state index in [1.807, 2.05) is 35.0 Å². The van der Waals surface area contributed by atoms with Crippen molar-refractivity contribution in [2.45, 2.75) is 44.6 Å². The molecule has 1 aromatic carbocycles. The molecule has 0 saturated carbocycles. The van der Waals surface area contributed by atoms with E-state index >= 15 is 0 Å². The molecule has 6 nitrogen and oxygen atoms in total. The number of rotatable bonds is 5. The third-order valence-corrected chi connectivity index (χ3v) is 5.73. The van der Waals surface area contributed by atoms with Gasteiger partial charge in [-0.15, -0.1) is 0 Å². The van der Waals surface area contributed by atoms with E-state index in [2.05, 4.69) is 10.4 Å². The zero-order valence-corrected chi connectivity index (χ0v) is 17.7. The van der Waals surface area contributed by atoms with Crippen LogP contribution in [0, 0.1) is 0 Å². The van der Waals surface area contributed by atoms with Crippen LogP contribution in [0.1, 0.15) is 41.3 Å². The number of alkyl halides is 3. The van der Waals surface area contributed by atoms with Crippen LogP contribution >= 0.6 is 11.6 Å². The van der Waals surface area contributed by atoms with Gasteiger partial charge in [0.05, 0.1) is 24.3 Å². The second-order valence-corrected chi connectivity index (χ2v) is 8.12. The van der Waals surface area contributed by atoms with Crippen molar-refractivity contribution in [3.8, 4) is 0 Å². The molecule has 168 valence electrons. The lowest BCUT2D eigenvalue weighted by atomic mass is 9.93. The Morgan fingerprint density at radius 3 is 2.72 bits per heavy atom. The monoisotopic (exact) mass is 464 g/mol. The van der Waals surface area contributed by atoms with Crippen molar-refractivity contribution in [2.24, 2.45) is 0 Å². The molecule has 1 aliphatic carbocycles. The van der Waals surface area contributed by atoms with Gasteiger partial charge in [0.2, 0.25) is 5.91 Å². The van der Waals surface area contributed by atoms with E-state index < -0.39 is 34.8 Å². The number of nitrogens with zero attached hydrogens (tertiary/aromatic N) is 3. The van der Waals surface area contributed by atoms with Gasteiger partial charge in [-0.1, -0.05) is 41.9 Å². The third-order valence-electron chi connectivity index (χ3n) is 5.46. The van der Waals surface area contributed by atoms with Crippen molar-refractivity contribution in [3.63, 3.8) is 0 Å². The molecule has 32 heavy (non-hydrogen) atoms. The highest BCUT2D eigenvalue weighted by Gasteiger charge is 2.32. The van der Waals surface area contributed by atoms with E-state index in [4.69, 9.17) is 11.6 Å². The minimum atomic E-state index is -4.68. The number of carbonyl (C=O) groups excluding carboxylic acids is 1. The Balaban J connectivity index is 1.50. The third kappa shape index (κ3) is 4.72. The lowest BCUT2D eigenvalue weighted by Gasteiger charge is -2.24. The predicted molar refractivity (Wildman–Crippen MR) is 112 cm³/mol. The number of hydrogen-bond acceptors (Lipinski definition) is 3. The Morgan fingerprint density at radius 2 is 2.00 bits per heavy atom. The smallest absolute Gasteiger partial charge is 0.348 e. The second-order valence-electron chi connectivity index (χ2n) is 7.71. The topological polar surface area (TPSA) is 68.9 Å². The van der Waals surface area contributed by atoms with E-state index in [9.17, 15) is 22.8 Å². The van der Waals surface area contributed by atoms with Crippen LogP contribution in [0.25, 0.3) is 0 Å². The first-order chi connectivity index (χ1) is 15.2. The zero-order valence-electron chi connectivity index (χ0n) is 16.9. The first kappa shape index (κ1) is 22.1. The van der Waals surface area contributed by atoms with Crippen molar-refractivity contribution in [1.29, 1.82) is 0 Å². The van der Waals surface area contributed by atoms with Crippen LogP contribution in [-0.4, -0.2) is 20.3 Å². The van der Waals surface area contributed by atoms with Crippen LogP contribution in [0.3, 0.4) is 0 Å². The Bertz CT molecular complexity index is 1190. The van der Waals surface area contributed by atoms with Crippen LogP contribution in [0.2, 0.25) is 5.02 Å². The van der Waals surface area contributed by atoms with Gasteiger partial charge in [0.1, 0.15) is 11.6 Å². The van der Waals surface area contributed by atoms with Gasteiger partial charge < -0.3 is 9.88 Å². The molecule has 0 aliphatic heterocycles. The van der Waals surface area contributed by atoms with E-state index in [1.54, 1.807) is 6.20 Å². The van der Waals surface area contributed by atoms with E-state index in [0.29, 0.717) is 29.8 Å². The fraction of sp³-hybridized carbons (Fsp3) is 0.318. The molecule has 1 amide bonds. The standard InChI is InChI=1S/C22H20ClF3N4O2/c23-17-9-15(22(24,25)26)12-29(21(17)32)13-20(31)28-18-7-4-8-19-16(18)10-27-30(19)11-14-5-2-1-3-6-14/h1-3,5-6,9-10,12,18H,4,7-8,11,13H2,(H,28,31)/t18-/m1/s1. The summed E-state index contributed by atoms with van der Waals surface area (Å²) in [6.45, 7) is 0.0431. The average molecular weight is 465 g/mol.